The van der Waals surface area contributed by atoms with E-state index in [-0.39, 0.29) is 29.5 Å². The normalized spacial score (nSPS) is 12.0. The van der Waals surface area contributed by atoms with Crippen LogP contribution in [0.5, 0.6) is 0 Å². The van der Waals surface area contributed by atoms with E-state index in [1.54, 1.807) is 12.1 Å². The Kier molecular flexibility index (Phi) is 8.51. The third-order valence-corrected chi connectivity index (χ3v) is 5.65. The maximum Gasteiger partial charge on any atom is 0.291 e. The van der Waals surface area contributed by atoms with E-state index in [1.165, 1.54) is 6.26 Å². The number of carbonyl (C=O) groups is 2. The average molecular weight is 414 g/mol. The molecule has 0 aliphatic rings. The van der Waals surface area contributed by atoms with Gasteiger partial charge in [0, 0.05) is 44.0 Å². The number of benzene rings is 1. The van der Waals surface area contributed by atoms with Crippen LogP contribution in [0.15, 0.2) is 41.0 Å². The van der Waals surface area contributed by atoms with E-state index in [1.807, 2.05) is 42.1 Å². The highest BCUT2D eigenvalue weighted by Gasteiger charge is 2.26. The molecule has 2 aromatic rings. The van der Waals surface area contributed by atoms with Gasteiger partial charge in [0.1, 0.15) is 0 Å². The lowest BCUT2D eigenvalue weighted by Gasteiger charge is -2.33. The fraction of sp³-hybridized carbons (Fsp3) is 0.500. The lowest BCUT2D eigenvalue weighted by atomic mass is 9.99. The molecule has 1 aromatic heterocycles. The van der Waals surface area contributed by atoms with Gasteiger partial charge in [-0.15, -0.1) is 0 Å². The Hall–Kier alpha value is -2.76. The summed E-state index contributed by atoms with van der Waals surface area (Å²) in [6.45, 7) is 8.83. The molecule has 6 nitrogen and oxygen atoms in total. The molecule has 0 saturated carbocycles. The van der Waals surface area contributed by atoms with Crippen molar-refractivity contribution in [1.29, 1.82) is 0 Å². The molecule has 1 heterocycles. The van der Waals surface area contributed by atoms with Gasteiger partial charge in [-0.3, -0.25) is 9.59 Å². The van der Waals surface area contributed by atoms with Gasteiger partial charge in [0.15, 0.2) is 5.76 Å². The molecule has 1 aromatic carbocycles. The minimum Gasteiger partial charge on any atom is -0.459 e. The molecule has 0 radical (unpaired) electrons. The molecule has 0 spiro atoms. The van der Waals surface area contributed by atoms with Crippen molar-refractivity contribution in [2.24, 2.45) is 5.92 Å². The molecule has 164 valence electrons. The van der Waals surface area contributed by atoms with Crippen LogP contribution < -0.4 is 10.2 Å². The van der Waals surface area contributed by atoms with E-state index in [0.717, 1.165) is 30.5 Å². The third kappa shape index (κ3) is 5.65. The van der Waals surface area contributed by atoms with E-state index in [2.05, 4.69) is 33.0 Å². The van der Waals surface area contributed by atoms with Crippen LogP contribution >= 0.6 is 0 Å². The molecule has 1 unspecified atom stereocenters. The van der Waals surface area contributed by atoms with Crippen LogP contribution in [0.25, 0.3) is 0 Å². The van der Waals surface area contributed by atoms with Crippen LogP contribution in [0.1, 0.15) is 63.1 Å². The summed E-state index contributed by atoms with van der Waals surface area (Å²) in [4.78, 5) is 29.6. The number of amides is 2. The summed E-state index contributed by atoms with van der Waals surface area (Å²) in [5, 5.41) is 2.89. The summed E-state index contributed by atoms with van der Waals surface area (Å²) in [7, 11) is 3.96. The van der Waals surface area contributed by atoms with Gasteiger partial charge in [-0.1, -0.05) is 20.8 Å². The van der Waals surface area contributed by atoms with Gasteiger partial charge in [-0.05, 0) is 62.1 Å². The number of nitrogens with one attached hydrogen (secondary N) is 1. The first-order chi connectivity index (χ1) is 14.3. The van der Waals surface area contributed by atoms with Crippen molar-refractivity contribution in [2.75, 3.05) is 24.3 Å². The summed E-state index contributed by atoms with van der Waals surface area (Å²) in [5.74, 6) is 0.196. The van der Waals surface area contributed by atoms with Crippen molar-refractivity contribution in [1.82, 2.24) is 4.90 Å². The molecule has 6 heteroatoms. The highest BCUT2D eigenvalue weighted by molar-refractivity contribution is 6.02. The van der Waals surface area contributed by atoms with Crippen LogP contribution in [0, 0.1) is 5.92 Å². The second-order valence-electron chi connectivity index (χ2n) is 7.91. The smallest absolute Gasteiger partial charge is 0.291 e. The van der Waals surface area contributed by atoms with E-state index < -0.39 is 0 Å². The second-order valence-corrected chi connectivity index (χ2v) is 7.91. The number of hydrogen-bond donors (Lipinski definition) is 1. The monoisotopic (exact) mass is 413 g/mol. The Labute approximate surface area is 180 Å². The van der Waals surface area contributed by atoms with E-state index in [0.29, 0.717) is 12.2 Å². The minimum atomic E-state index is -0.296. The van der Waals surface area contributed by atoms with Crippen LogP contribution in [-0.4, -0.2) is 36.9 Å². The molecule has 1 N–H and O–H groups in total. The summed E-state index contributed by atoms with van der Waals surface area (Å²) in [6.07, 6.45) is 4.03. The fourth-order valence-corrected chi connectivity index (χ4v) is 3.55. The summed E-state index contributed by atoms with van der Waals surface area (Å²) < 4.78 is 5.18. The maximum atomic E-state index is 13.2. The Morgan fingerprint density at radius 1 is 1.07 bits per heavy atom. The summed E-state index contributed by atoms with van der Waals surface area (Å²) in [5.41, 5.74) is 2.70. The first-order valence-corrected chi connectivity index (χ1v) is 10.8. The summed E-state index contributed by atoms with van der Waals surface area (Å²) >= 11 is 0. The van der Waals surface area contributed by atoms with E-state index in [9.17, 15) is 9.59 Å². The van der Waals surface area contributed by atoms with Gasteiger partial charge in [0.05, 0.1) is 6.26 Å². The minimum absolute atomic E-state index is 0.0312. The SMILES string of the molecule is CCC(CC)C(=O)N(Cc1cc(NC(=O)c2ccco2)ccc1N(C)C)C(C)CC. The van der Waals surface area contributed by atoms with Gasteiger partial charge in [0.25, 0.3) is 5.91 Å². The van der Waals surface area contributed by atoms with E-state index in [4.69, 9.17) is 4.42 Å². The Balaban J connectivity index is 2.35. The first-order valence-electron chi connectivity index (χ1n) is 10.8. The molecule has 0 aliphatic heterocycles. The van der Waals surface area contributed by atoms with Gasteiger partial charge < -0.3 is 19.5 Å². The maximum absolute atomic E-state index is 13.2. The predicted molar refractivity (Wildman–Crippen MR) is 122 cm³/mol. The van der Waals surface area contributed by atoms with Crippen molar-refractivity contribution in [3.63, 3.8) is 0 Å². The molecular weight excluding hydrogens is 378 g/mol. The van der Waals surface area contributed by atoms with Crippen molar-refractivity contribution < 1.29 is 14.0 Å². The van der Waals surface area contributed by atoms with E-state index >= 15 is 0 Å². The molecule has 30 heavy (non-hydrogen) atoms. The highest BCUT2D eigenvalue weighted by Crippen LogP contribution is 2.27. The number of furan rings is 1. The van der Waals surface area contributed by atoms with Gasteiger partial charge in [-0.25, -0.2) is 0 Å². The molecule has 0 fully saturated rings. The fourth-order valence-electron chi connectivity index (χ4n) is 3.55. The third-order valence-electron chi connectivity index (χ3n) is 5.65. The lowest BCUT2D eigenvalue weighted by molar-refractivity contribution is -0.138. The molecule has 0 aliphatic carbocycles. The van der Waals surface area contributed by atoms with Crippen molar-refractivity contribution in [3.05, 3.63) is 47.9 Å². The van der Waals surface area contributed by atoms with Gasteiger partial charge in [-0.2, -0.15) is 0 Å². The zero-order chi connectivity index (χ0) is 22.3. The number of rotatable bonds is 10. The molecule has 0 saturated heterocycles. The predicted octanol–water partition coefficient (Wildman–Crippen LogP) is 5.16. The van der Waals surface area contributed by atoms with Gasteiger partial charge in [0.2, 0.25) is 5.91 Å². The largest absolute Gasteiger partial charge is 0.459 e. The molecular formula is C24H35N3O3. The Morgan fingerprint density at radius 3 is 2.30 bits per heavy atom. The number of carbonyl (C=O) groups excluding carboxylic acids is 2. The Bertz CT molecular complexity index is 826. The van der Waals surface area contributed by atoms with Gasteiger partial charge >= 0.3 is 0 Å². The number of nitrogens with zero attached hydrogens (tertiary/aromatic N) is 2. The lowest BCUT2D eigenvalue weighted by Crippen LogP contribution is -2.41. The number of anilines is 2. The number of hydrogen-bond acceptors (Lipinski definition) is 4. The van der Waals surface area contributed by atoms with Crippen molar-refractivity contribution >= 4 is 23.2 Å². The average Bonchev–Trinajstić information content (AvgIpc) is 3.27. The first kappa shape index (κ1) is 23.5. The standard InChI is InChI=1S/C24H35N3O3/c1-7-17(4)27(24(29)18(8-2)9-3)16-19-15-20(12-13-21(19)26(5)6)25-23(28)22-11-10-14-30-22/h10-15,17-18H,7-9,16H2,1-6H3,(H,25,28). The second kappa shape index (κ2) is 10.9. The van der Waals surface area contributed by atoms with Crippen molar-refractivity contribution in [2.45, 2.75) is 59.5 Å². The molecule has 0 bridgehead atoms. The van der Waals surface area contributed by atoms with Crippen molar-refractivity contribution in [3.8, 4) is 0 Å². The quantitative estimate of drug-likeness (QED) is 0.584. The highest BCUT2D eigenvalue weighted by atomic mass is 16.3. The van der Waals surface area contributed by atoms with Crippen LogP contribution in [0.3, 0.4) is 0 Å². The zero-order valence-electron chi connectivity index (χ0n) is 19.1. The van der Waals surface area contributed by atoms with Crippen LogP contribution in [0.2, 0.25) is 0 Å². The Morgan fingerprint density at radius 2 is 1.77 bits per heavy atom. The molecule has 2 rings (SSSR count). The summed E-state index contributed by atoms with van der Waals surface area (Å²) in [6, 6.07) is 9.24. The van der Waals surface area contributed by atoms with Crippen LogP contribution in [0.4, 0.5) is 11.4 Å². The molecule has 1 atom stereocenters. The zero-order valence-corrected chi connectivity index (χ0v) is 19.1. The molecule has 2 amide bonds. The van der Waals surface area contributed by atoms with Crippen LogP contribution in [-0.2, 0) is 11.3 Å². The topological polar surface area (TPSA) is 65.8 Å².